The van der Waals surface area contributed by atoms with E-state index in [0.717, 1.165) is 9.87 Å². The number of carbonyl (C=O) groups excluding carboxylic acids is 2. The van der Waals surface area contributed by atoms with Crippen LogP contribution in [-0.2, 0) is 14.8 Å². The van der Waals surface area contributed by atoms with Crippen molar-refractivity contribution in [2.45, 2.75) is 11.8 Å². The second kappa shape index (κ2) is 10.0. The van der Waals surface area contributed by atoms with E-state index in [1.54, 1.807) is 48.8 Å². The zero-order valence-electron chi connectivity index (χ0n) is 17.5. The van der Waals surface area contributed by atoms with E-state index in [9.17, 15) is 18.0 Å². The summed E-state index contributed by atoms with van der Waals surface area (Å²) in [7, 11) is -2.54. The van der Waals surface area contributed by atoms with E-state index in [-0.39, 0.29) is 10.5 Å². The molecule has 2 amide bonds. The third-order valence-electron chi connectivity index (χ3n) is 4.40. The summed E-state index contributed by atoms with van der Waals surface area (Å²) in [5, 5.41) is 0. The zero-order valence-corrected chi connectivity index (χ0v) is 18.3. The fourth-order valence-electron chi connectivity index (χ4n) is 2.63. The highest BCUT2D eigenvalue weighted by atomic mass is 32.2. The summed E-state index contributed by atoms with van der Waals surface area (Å²) in [5.41, 5.74) is 5.68. The largest absolute Gasteiger partial charge is 0.456 e. The van der Waals surface area contributed by atoms with Crippen LogP contribution in [0.2, 0.25) is 0 Å². The highest BCUT2D eigenvalue weighted by Crippen LogP contribution is 2.20. The van der Waals surface area contributed by atoms with E-state index >= 15 is 0 Å². The van der Waals surface area contributed by atoms with Crippen molar-refractivity contribution in [3.63, 3.8) is 0 Å². The van der Waals surface area contributed by atoms with Gasteiger partial charge in [-0.2, -0.15) is 4.31 Å². The second-order valence-corrected chi connectivity index (χ2v) is 8.94. The molecule has 0 radical (unpaired) electrons. The van der Waals surface area contributed by atoms with Crippen LogP contribution in [0.15, 0.2) is 78.0 Å². The van der Waals surface area contributed by atoms with E-state index in [4.69, 9.17) is 4.74 Å². The summed E-state index contributed by atoms with van der Waals surface area (Å²) in [6, 6.07) is 16.1. The first kappa shape index (κ1) is 22.9. The summed E-state index contributed by atoms with van der Waals surface area (Å²) < 4.78 is 31.6. The first-order chi connectivity index (χ1) is 15.3. The lowest BCUT2D eigenvalue weighted by Gasteiger charge is -2.17. The topological polar surface area (TPSA) is 118 Å². The molecule has 0 spiro atoms. The fourth-order valence-corrected chi connectivity index (χ4v) is 3.76. The quantitative estimate of drug-likeness (QED) is 0.529. The maximum Gasteiger partial charge on any atom is 0.269 e. The first-order valence-electron chi connectivity index (χ1n) is 9.56. The van der Waals surface area contributed by atoms with Crippen LogP contribution in [0.3, 0.4) is 0 Å². The Balaban J connectivity index is 1.51. The molecule has 0 bridgehead atoms. The molecule has 2 aromatic carbocycles. The number of sulfonamides is 1. The van der Waals surface area contributed by atoms with Crippen molar-refractivity contribution in [2.75, 3.05) is 13.6 Å². The number of likely N-dealkylation sites (N-methyl/N-ethyl adjacent to an activating group) is 1. The third kappa shape index (κ3) is 5.90. The Morgan fingerprint density at radius 3 is 2.28 bits per heavy atom. The summed E-state index contributed by atoms with van der Waals surface area (Å²) in [6.45, 7) is 1.38. The van der Waals surface area contributed by atoms with Gasteiger partial charge in [-0.05, 0) is 55.5 Å². The standard InChI is InChI=1S/C22H22N4O5S/c1-16-5-11-20(12-6-16)32(29,30)26(2)15-21(27)24-25-22(28)17-7-9-18(10-8-17)31-19-4-3-13-23-14-19/h3-14H,15H2,1-2H3,(H,24,27)(H,25,28). The second-order valence-electron chi connectivity index (χ2n) is 6.89. The van der Waals surface area contributed by atoms with E-state index in [1.807, 2.05) is 6.92 Å². The van der Waals surface area contributed by atoms with Crippen LogP contribution in [0.25, 0.3) is 0 Å². The van der Waals surface area contributed by atoms with Gasteiger partial charge in [0.05, 0.1) is 17.6 Å². The number of aromatic nitrogens is 1. The normalized spacial score (nSPS) is 11.1. The maximum atomic E-state index is 12.5. The Morgan fingerprint density at radius 2 is 1.66 bits per heavy atom. The molecule has 9 nitrogen and oxygen atoms in total. The molecular weight excluding hydrogens is 432 g/mol. The molecule has 0 saturated carbocycles. The van der Waals surface area contributed by atoms with E-state index in [2.05, 4.69) is 15.8 Å². The maximum absolute atomic E-state index is 12.5. The summed E-state index contributed by atoms with van der Waals surface area (Å²) in [5.74, 6) is -0.174. The van der Waals surface area contributed by atoms with Crippen LogP contribution < -0.4 is 15.6 Å². The van der Waals surface area contributed by atoms with Crippen molar-refractivity contribution in [1.29, 1.82) is 0 Å². The monoisotopic (exact) mass is 454 g/mol. The Labute approximate surface area is 186 Å². The molecule has 166 valence electrons. The van der Waals surface area contributed by atoms with Gasteiger partial charge >= 0.3 is 0 Å². The van der Waals surface area contributed by atoms with Crippen molar-refractivity contribution >= 4 is 21.8 Å². The molecule has 0 unspecified atom stereocenters. The van der Waals surface area contributed by atoms with Crippen molar-refractivity contribution in [3.05, 3.63) is 84.2 Å². The molecule has 10 heteroatoms. The van der Waals surface area contributed by atoms with Crippen molar-refractivity contribution < 1.29 is 22.7 Å². The van der Waals surface area contributed by atoms with Gasteiger partial charge in [0.2, 0.25) is 10.0 Å². The van der Waals surface area contributed by atoms with Gasteiger partial charge in [0.15, 0.2) is 0 Å². The molecule has 0 aliphatic carbocycles. The summed E-state index contributed by atoms with van der Waals surface area (Å²) in [6.07, 6.45) is 3.19. The number of pyridine rings is 1. The Morgan fingerprint density at radius 1 is 0.969 bits per heavy atom. The number of aryl methyl sites for hydroxylation is 1. The summed E-state index contributed by atoms with van der Waals surface area (Å²) >= 11 is 0. The van der Waals surface area contributed by atoms with E-state index in [0.29, 0.717) is 11.5 Å². The Hall–Kier alpha value is -3.76. The predicted molar refractivity (Wildman–Crippen MR) is 117 cm³/mol. The molecule has 2 N–H and O–H groups in total. The van der Waals surface area contributed by atoms with Crippen LogP contribution in [0, 0.1) is 6.92 Å². The molecule has 0 fully saturated rings. The van der Waals surface area contributed by atoms with Gasteiger partial charge in [-0.1, -0.05) is 17.7 Å². The minimum atomic E-state index is -3.83. The number of hydrogen-bond donors (Lipinski definition) is 2. The number of nitrogens with one attached hydrogen (secondary N) is 2. The minimum absolute atomic E-state index is 0.0797. The van der Waals surface area contributed by atoms with E-state index < -0.39 is 28.4 Å². The van der Waals surface area contributed by atoms with E-state index in [1.165, 1.54) is 31.3 Å². The number of hydrogen-bond acceptors (Lipinski definition) is 6. The molecule has 32 heavy (non-hydrogen) atoms. The average Bonchev–Trinajstić information content (AvgIpc) is 2.79. The molecule has 0 aliphatic rings. The number of amides is 2. The molecule has 0 atom stereocenters. The lowest BCUT2D eigenvalue weighted by Crippen LogP contribution is -2.46. The van der Waals surface area contributed by atoms with Gasteiger partial charge in [0, 0.05) is 18.8 Å². The highest BCUT2D eigenvalue weighted by molar-refractivity contribution is 7.89. The fraction of sp³-hybridized carbons (Fsp3) is 0.136. The van der Waals surface area contributed by atoms with Gasteiger partial charge in [-0.15, -0.1) is 0 Å². The number of rotatable bonds is 7. The number of ether oxygens (including phenoxy) is 1. The smallest absolute Gasteiger partial charge is 0.269 e. The van der Waals surface area contributed by atoms with Crippen molar-refractivity contribution in [1.82, 2.24) is 20.1 Å². The Kier molecular flexibility index (Phi) is 7.18. The molecule has 1 aromatic heterocycles. The SMILES string of the molecule is Cc1ccc(S(=O)(=O)N(C)CC(=O)NNC(=O)c2ccc(Oc3cccnc3)cc2)cc1. The van der Waals surface area contributed by atoms with Gasteiger partial charge in [-0.25, -0.2) is 8.42 Å². The molecule has 3 rings (SSSR count). The zero-order chi connectivity index (χ0) is 23.1. The van der Waals surface area contributed by atoms with Gasteiger partial charge in [-0.3, -0.25) is 25.4 Å². The number of benzene rings is 2. The van der Waals surface area contributed by atoms with Gasteiger partial charge < -0.3 is 4.74 Å². The van der Waals surface area contributed by atoms with Crippen LogP contribution in [0.1, 0.15) is 15.9 Å². The van der Waals surface area contributed by atoms with Crippen molar-refractivity contribution in [3.8, 4) is 11.5 Å². The predicted octanol–water partition coefficient (Wildman–Crippen LogP) is 2.26. The molecule has 0 aliphatic heterocycles. The molecule has 3 aromatic rings. The number of nitrogens with zero attached hydrogens (tertiary/aromatic N) is 2. The van der Waals surface area contributed by atoms with Crippen LogP contribution in [-0.4, -0.2) is 43.1 Å². The van der Waals surface area contributed by atoms with Crippen LogP contribution >= 0.6 is 0 Å². The number of hydrazine groups is 1. The van der Waals surface area contributed by atoms with Crippen LogP contribution in [0.4, 0.5) is 0 Å². The lowest BCUT2D eigenvalue weighted by atomic mass is 10.2. The minimum Gasteiger partial charge on any atom is -0.456 e. The average molecular weight is 455 g/mol. The highest BCUT2D eigenvalue weighted by Gasteiger charge is 2.23. The molecular formula is C22H22N4O5S. The van der Waals surface area contributed by atoms with Crippen molar-refractivity contribution in [2.24, 2.45) is 0 Å². The first-order valence-corrected chi connectivity index (χ1v) is 11.0. The van der Waals surface area contributed by atoms with Gasteiger partial charge in [0.1, 0.15) is 11.5 Å². The van der Waals surface area contributed by atoms with Gasteiger partial charge in [0.25, 0.3) is 11.8 Å². The number of carbonyl (C=O) groups is 2. The summed E-state index contributed by atoms with van der Waals surface area (Å²) in [4.78, 5) is 28.4. The molecule has 0 saturated heterocycles. The lowest BCUT2D eigenvalue weighted by molar-refractivity contribution is -0.121. The van der Waals surface area contributed by atoms with Crippen LogP contribution in [0.5, 0.6) is 11.5 Å². The Bertz CT molecular complexity index is 1180. The third-order valence-corrected chi connectivity index (χ3v) is 6.22. The molecule has 1 heterocycles.